The summed E-state index contributed by atoms with van der Waals surface area (Å²) in [6.45, 7) is 7.82. The molecule has 0 heterocycles. The lowest BCUT2D eigenvalue weighted by atomic mass is 10.3. The lowest BCUT2D eigenvalue weighted by Gasteiger charge is -2.11. The Balaban J connectivity index is 4.18. The van der Waals surface area contributed by atoms with E-state index in [1.54, 1.807) is 6.08 Å². The van der Waals surface area contributed by atoms with E-state index >= 15 is 0 Å². The molecule has 0 fully saturated rings. The van der Waals surface area contributed by atoms with Crippen molar-refractivity contribution in [2.45, 2.75) is 53.4 Å². The average molecular weight is 388 g/mol. The summed E-state index contributed by atoms with van der Waals surface area (Å²) in [6, 6.07) is 0. The average Bonchev–Trinajstić information content (AvgIpc) is 2.34. The van der Waals surface area contributed by atoms with E-state index in [2.05, 4.69) is 41.8 Å². The lowest BCUT2D eigenvalue weighted by Crippen LogP contribution is -1.94. The topological polar surface area (TPSA) is 113 Å². The molecule has 0 aromatic carbocycles. The standard InChI is InChI=1S/C15H28O7P2/c1-13(2)7-5-8-14(3)9-6-10-15(4)11-12-21-24(19,20)22-23(16,17)18/h7,9,11H,5-6,8,10,12H2,1-4H3,(H,19,20)(H2,16,17,18)/b14-9+,15-11+/i1+1,3+1,4+1,5+1,6+1,12+1/b13-7+,14-9+,15-11+. The van der Waals surface area contributed by atoms with Gasteiger partial charge in [0.15, 0.2) is 0 Å². The van der Waals surface area contributed by atoms with E-state index in [0.717, 1.165) is 31.3 Å². The first kappa shape index (κ1) is 23.5. The first-order chi connectivity index (χ1) is 10.9. The first-order valence-electron chi connectivity index (χ1n) is 7.60. The van der Waals surface area contributed by atoms with Gasteiger partial charge in [0.1, 0.15) is 0 Å². The summed E-state index contributed by atoms with van der Waals surface area (Å²) in [5, 5.41) is 0. The summed E-state index contributed by atoms with van der Waals surface area (Å²) in [7, 11) is -9.82. The highest BCUT2D eigenvalue weighted by Crippen LogP contribution is 2.57. The minimum atomic E-state index is -5.07. The van der Waals surface area contributed by atoms with E-state index in [1.807, 2.05) is 6.92 Å². The van der Waals surface area contributed by atoms with Crippen LogP contribution in [0.5, 0.6) is 0 Å². The Bertz CT molecular complexity index is 568. The highest BCUT2D eigenvalue weighted by atomic mass is 31.3. The second kappa shape index (κ2) is 11.2. The normalized spacial score (nSPS) is 17.0. The van der Waals surface area contributed by atoms with Crippen LogP contribution in [-0.2, 0) is 18.0 Å². The highest BCUT2D eigenvalue weighted by molar-refractivity contribution is 7.60. The van der Waals surface area contributed by atoms with Crippen molar-refractivity contribution in [1.29, 1.82) is 0 Å². The molecule has 0 saturated heterocycles. The third-order valence-corrected chi connectivity index (χ3v) is 5.15. The third-order valence-electron chi connectivity index (χ3n) is 3.00. The van der Waals surface area contributed by atoms with Crippen LogP contribution >= 0.6 is 15.6 Å². The molecule has 1 unspecified atom stereocenters. The van der Waals surface area contributed by atoms with E-state index < -0.39 is 15.6 Å². The van der Waals surface area contributed by atoms with Gasteiger partial charge in [0, 0.05) is 0 Å². The molecule has 0 bridgehead atoms. The number of allylic oxidation sites excluding steroid dienone is 5. The van der Waals surface area contributed by atoms with Crippen LogP contribution in [0.25, 0.3) is 0 Å². The summed E-state index contributed by atoms with van der Waals surface area (Å²) >= 11 is 0. The minimum absolute atomic E-state index is 0.261. The third kappa shape index (κ3) is 15.0. The van der Waals surface area contributed by atoms with Crippen molar-refractivity contribution in [2.24, 2.45) is 0 Å². The first-order valence-corrected chi connectivity index (χ1v) is 10.6. The Morgan fingerprint density at radius 2 is 1.38 bits per heavy atom. The Morgan fingerprint density at radius 1 is 0.875 bits per heavy atom. The second-order valence-corrected chi connectivity index (χ2v) is 8.63. The second-order valence-electron chi connectivity index (χ2n) is 5.80. The van der Waals surface area contributed by atoms with E-state index in [0.29, 0.717) is 0 Å². The molecule has 9 heteroatoms. The van der Waals surface area contributed by atoms with Gasteiger partial charge in [0.05, 0.1) is 6.61 Å². The molecule has 0 aliphatic heterocycles. The van der Waals surface area contributed by atoms with Gasteiger partial charge in [-0.2, -0.15) is 4.31 Å². The van der Waals surface area contributed by atoms with Crippen LogP contribution in [0.1, 0.15) is 53.4 Å². The van der Waals surface area contributed by atoms with Crippen LogP contribution in [0.15, 0.2) is 34.9 Å². The summed E-state index contributed by atoms with van der Waals surface area (Å²) in [6.07, 6.45) is 9.59. The van der Waals surface area contributed by atoms with Crippen LogP contribution in [0.3, 0.4) is 0 Å². The fourth-order valence-corrected chi connectivity index (χ4v) is 3.30. The molecule has 0 aromatic rings. The molecule has 0 spiro atoms. The van der Waals surface area contributed by atoms with Crippen molar-refractivity contribution in [3.63, 3.8) is 0 Å². The van der Waals surface area contributed by atoms with Crippen molar-refractivity contribution in [2.75, 3.05) is 6.61 Å². The Hall–Kier alpha value is -0.520. The van der Waals surface area contributed by atoms with Gasteiger partial charge in [-0.25, -0.2) is 9.13 Å². The molecular weight excluding hydrogens is 360 g/mol. The number of hydrogen-bond donors (Lipinski definition) is 3. The van der Waals surface area contributed by atoms with Crippen molar-refractivity contribution in [3.8, 4) is 0 Å². The molecule has 0 amide bonds. The zero-order chi connectivity index (χ0) is 18.8. The van der Waals surface area contributed by atoms with Gasteiger partial charge in [0.2, 0.25) is 0 Å². The number of hydrogen-bond acceptors (Lipinski definition) is 4. The quantitative estimate of drug-likeness (QED) is 0.269. The fourth-order valence-electron chi connectivity index (χ4n) is 1.77. The zero-order valence-corrected chi connectivity index (χ0v) is 16.4. The molecule has 0 radical (unpaired) electrons. The van der Waals surface area contributed by atoms with Gasteiger partial charge < -0.3 is 14.7 Å². The smallest absolute Gasteiger partial charge is 0.302 e. The van der Waals surface area contributed by atoms with Crippen LogP contribution in [0.2, 0.25) is 0 Å². The van der Waals surface area contributed by atoms with Crippen LogP contribution in [-0.4, -0.2) is 21.3 Å². The summed E-state index contributed by atoms with van der Waals surface area (Å²) in [5.41, 5.74) is 3.57. The van der Waals surface area contributed by atoms with Gasteiger partial charge in [-0.05, 0) is 53.4 Å². The molecule has 0 aromatic heterocycles. The molecule has 3 N–H and O–H groups in total. The minimum Gasteiger partial charge on any atom is -0.302 e. The maximum atomic E-state index is 11.2. The summed E-state index contributed by atoms with van der Waals surface area (Å²) in [4.78, 5) is 26.1. The maximum Gasteiger partial charge on any atom is 0.481 e. The molecule has 0 saturated carbocycles. The summed E-state index contributed by atoms with van der Waals surface area (Å²) in [5.74, 6) is 0. The summed E-state index contributed by atoms with van der Waals surface area (Å²) < 4.78 is 29.9. The van der Waals surface area contributed by atoms with Crippen molar-refractivity contribution < 1.29 is 32.6 Å². The van der Waals surface area contributed by atoms with Crippen molar-refractivity contribution in [3.05, 3.63) is 34.9 Å². The van der Waals surface area contributed by atoms with Gasteiger partial charge in [-0.1, -0.05) is 34.9 Å². The van der Waals surface area contributed by atoms with Gasteiger partial charge in [-0.15, -0.1) is 0 Å². The SMILES string of the molecule is C/C([13CH3])=C/[13CH2]C/C([13CH3])=C/[13CH2]C/C([13CH3])=C/[13CH2]OP(=O)(O)OP(=O)(O)O. The molecule has 0 aliphatic rings. The number of phosphoric acid groups is 2. The van der Waals surface area contributed by atoms with E-state index in [-0.39, 0.29) is 6.61 Å². The van der Waals surface area contributed by atoms with E-state index in [1.165, 1.54) is 11.1 Å². The van der Waals surface area contributed by atoms with Gasteiger partial charge in [0.25, 0.3) is 0 Å². The predicted octanol–water partition coefficient (Wildman–Crippen LogP) is 4.63. The van der Waals surface area contributed by atoms with Crippen LogP contribution in [0.4, 0.5) is 0 Å². The molecule has 0 rings (SSSR count). The van der Waals surface area contributed by atoms with E-state index in [9.17, 15) is 9.13 Å². The largest absolute Gasteiger partial charge is 0.481 e. The maximum absolute atomic E-state index is 11.2. The Labute approximate surface area is 143 Å². The van der Waals surface area contributed by atoms with Crippen LogP contribution in [0, 0.1) is 0 Å². The lowest BCUT2D eigenvalue weighted by molar-refractivity contribution is 0.191. The van der Waals surface area contributed by atoms with Crippen molar-refractivity contribution in [1.82, 2.24) is 0 Å². The molecular formula is C15H28O7P2. The van der Waals surface area contributed by atoms with Gasteiger partial charge >= 0.3 is 15.6 Å². The molecule has 0 aliphatic carbocycles. The van der Waals surface area contributed by atoms with E-state index in [4.69, 9.17) is 14.7 Å². The monoisotopic (exact) mass is 388 g/mol. The van der Waals surface area contributed by atoms with Crippen LogP contribution < -0.4 is 0 Å². The molecule has 1 atom stereocenters. The molecule has 24 heavy (non-hydrogen) atoms. The molecule has 140 valence electrons. The van der Waals surface area contributed by atoms with Crippen molar-refractivity contribution >= 4 is 15.6 Å². The Kier molecular flexibility index (Phi) is 10.9. The number of rotatable bonds is 11. The zero-order valence-electron chi connectivity index (χ0n) is 14.6. The Morgan fingerprint density at radius 3 is 1.88 bits per heavy atom. The highest BCUT2D eigenvalue weighted by Gasteiger charge is 2.31. The fraction of sp³-hybridized carbons (Fsp3) is 0.600. The molecule has 7 nitrogen and oxygen atoms in total. The predicted molar refractivity (Wildman–Crippen MR) is 94.3 cm³/mol. The van der Waals surface area contributed by atoms with Gasteiger partial charge in [-0.3, -0.25) is 4.52 Å². The number of phosphoric ester groups is 1.